The first-order chi connectivity index (χ1) is 8.06. The number of benzene rings is 2. The topological polar surface area (TPSA) is 38.0 Å². The Morgan fingerprint density at radius 1 is 1.00 bits per heavy atom. The van der Waals surface area contributed by atoms with Crippen molar-refractivity contribution >= 4 is 40.3 Å². The second-order valence-electron chi connectivity index (χ2n) is 3.84. The number of halogens is 2. The van der Waals surface area contributed by atoms with Gasteiger partial charge >= 0.3 is 0 Å². The lowest BCUT2D eigenvalue weighted by Gasteiger charge is -2.11. The highest BCUT2D eigenvalue weighted by Crippen LogP contribution is 2.30. The summed E-state index contributed by atoms with van der Waals surface area (Å²) >= 11 is 12.0. The van der Waals surface area contributed by atoms with Gasteiger partial charge in [-0.05, 0) is 42.8 Å². The average Bonchev–Trinajstić information content (AvgIpc) is 2.25. The first-order valence-corrected chi connectivity index (χ1v) is 5.90. The molecule has 0 spiro atoms. The van der Waals surface area contributed by atoms with Crippen molar-refractivity contribution in [3.05, 3.63) is 52.0 Å². The van der Waals surface area contributed by atoms with Gasteiger partial charge in [0.15, 0.2) is 0 Å². The molecule has 0 atom stereocenters. The molecule has 17 heavy (non-hydrogen) atoms. The minimum absolute atomic E-state index is 0.592. The molecule has 0 unspecified atom stereocenters. The molecule has 0 heterocycles. The van der Waals surface area contributed by atoms with E-state index in [4.69, 9.17) is 28.9 Å². The average molecular weight is 267 g/mol. The van der Waals surface area contributed by atoms with Crippen molar-refractivity contribution in [3.63, 3.8) is 0 Å². The third-order valence-corrected chi connectivity index (χ3v) is 2.96. The van der Waals surface area contributed by atoms with Crippen molar-refractivity contribution < 1.29 is 0 Å². The number of anilines is 3. The maximum absolute atomic E-state index is 6.13. The van der Waals surface area contributed by atoms with Crippen LogP contribution in [0.3, 0.4) is 0 Å². The fourth-order valence-electron chi connectivity index (χ4n) is 1.51. The summed E-state index contributed by atoms with van der Waals surface area (Å²) in [4.78, 5) is 0. The molecule has 2 rings (SSSR count). The molecule has 0 radical (unpaired) electrons. The Balaban J connectivity index is 2.31. The van der Waals surface area contributed by atoms with Gasteiger partial charge in [0.05, 0.1) is 22.1 Å². The molecule has 0 aromatic heterocycles. The lowest BCUT2D eigenvalue weighted by atomic mass is 10.2. The fraction of sp³-hybridized carbons (Fsp3) is 0.0769. The Morgan fingerprint density at radius 3 is 2.35 bits per heavy atom. The van der Waals surface area contributed by atoms with Gasteiger partial charge in [-0.1, -0.05) is 29.3 Å². The van der Waals surface area contributed by atoms with Crippen LogP contribution in [0, 0.1) is 6.92 Å². The molecule has 4 heteroatoms. The van der Waals surface area contributed by atoms with E-state index in [1.54, 1.807) is 12.1 Å². The predicted molar refractivity (Wildman–Crippen MR) is 75.3 cm³/mol. The van der Waals surface area contributed by atoms with Crippen LogP contribution in [-0.2, 0) is 0 Å². The van der Waals surface area contributed by atoms with Crippen molar-refractivity contribution in [3.8, 4) is 0 Å². The summed E-state index contributed by atoms with van der Waals surface area (Å²) in [6, 6.07) is 11.1. The van der Waals surface area contributed by atoms with Crippen molar-refractivity contribution in [2.75, 3.05) is 11.1 Å². The quantitative estimate of drug-likeness (QED) is 0.778. The number of nitrogens with two attached hydrogens (primary N) is 1. The molecular formula is C13H12Cl2N2. The molecular weight excluding hydrogens is 255 g/mol. The number of hydrogen-bond donors (Lipinski definition) is 2. The van der Waals surface area contributed by atoms with Crippen molar-refractivity contribution in [1.82, 2.24) is 0 Å². The first kappa shape index (κ1) is 12.1. The first-order valence-electron chi connectivity index (χ1n) is 5.14. The van der Waals surface area contributed by atoms with Crippen LogP contribution in [0.4, 0.5) is 17.1 Å². The molecule has 0 amide bonds. The van der Waals surface area contributed by atoms with Crippen LogP contribution >= 0.6 is 23.2 Å². The Kier molecular flexibility index (Phi) is 3.46. The van der Waals surface area contributed by atoms with Gasteiger partial charge in [0.2, 0.25) is 0 Å². The lowest BCUT2D eigenvalue weighted by Crippen LogP contribution is -1.96. The third kappa shape index (κ3) is 2.84. The summed E-state index contributed by atoms with van der Waals surface area (Å²) in [7, 11) is 0. The molecule has 3 N–H and O–H groups in total. The zero-order valence-corrected chi connectivity index (χ0v) is 10.8. The minimum Gasteiger partial charge on any atom is -0.397 e. The zero-order chi connectivity index (χ0) is 12.4. The predicted octanol–water partition coefficient (Wildman–Crippen LogP) is 4.63. The molecule has 0 aliphatic heterocycles. The van der Waals surface area contributed by atoms with E-state index in [2.05, 4.69) is 5.32 Å². The van der Waals surface area contributed by atoms with E-state index in [-0.39, 0.29) is 0 Å². The molecule has 2 aromatic rings. The second kappa shape index (κ2) is 4.86. The minimum atomic E-state index is 0.592. The monoisotopic (exact) mass is 266 g/mol. The summed E-state index contributed by atoms with van der Waals surface area (Å²) in [5, 5.41) is 4.46. The van der Waals surface area contributed by atoms with Gasteiger partial charge in [0.1, 0.15) is 0 Å². The maximum atomic E-state index is 6.13. The lowest BCUT2D eigenvalue weighted by molar-refractivity contribution is 1.45. The molecule has 0 aliphatic rings. The van der Waals surface area contributed by atoms with Crippen LogP contribution in [0.1, 0.15) is 5.56 Å². The van der Waals surface area contributed by atoms with Gasteiger partial charge in [-0.25, -0.2) is 0 Å². The van der Waals surface area contributed by atoms with Crippen LogP contribution in [-0.4, -0.2) is 0 Å². The van der Waals surface area contributed by atoms with Gasteiger partial charge in [-0.3, -0.25) is 0 Å². The van der Waals surface area contributed by atoms with E-state index in [1.165, 1.54) is 0 Å². The molecule has 2 aromatic carbocycles. The Bertz CT molecular complexity index is 504. The summed E-state index contributed by atoms with van der Waals surface area (Å²) in [5.74, 6) is 0. The number of rotatable bonds is 2. The Labute approximate surface area is 110 Å². The van der Waals surface area contributed by atoms with Gasteiger partial charge < -0.3 is 11.1 Å². The second-order valence-corrected chi connectivity index (χ2v) is 4.68. The van der Waals surface area contributed by atoms with Gasteiger partial charge in [-0.2, -0.15) is 0 Å². The highest BCUT2D eigenvalue weighted by atomic mass is 35.5. The van der Waals surface area contributed by atoms with Gasteiger partial charge in [-0.15, -0.1) is 0 Å². The van der Waals surface area contributed by atoms with Crippen molar-refractivity contribution in [1.29, 1.82) is 0 Å². The maximum Gasteiger partial charge on any atom is 0.0643 e. The summed E-state index contributed by atoms with van der Waals surface area (Å²) in [6.07, 6.45) is 0. The molecule has 0 aliphatic carbocycles. The molecule has 0 bridgehead atoms. The van der Waals surface area contributed by atoms with Gasteiger partial charge in [0.25, 0.3) is 0 Å². The highest BCUT2D eigenvalue weighted by Gasteiger charge is 2.04. The van der Waals surface area contributed by atoms with Gasteiger partial charge in [0, 0.05) is 5.02 Å². The van der Waals surface area contributed by atoms with Crippen LogP contribution in [0.5, 0.6) is 0 Å². The van der Waals surface area contributed by atoms with E-state index in [0.29, 0.717) is 15.7 Å². The molecule has 0 saturated heterocycles. The molecule has 2 nitrogen and oxygen atoms in total. The van der Waals surface area contributed by atoms with E-state index >= 15 is 0 Å². The largest absolute Gasteiger partial charge is 0.397 e. The summed E-state index contributed by atoms with van der Waals surface area (Å²) in [5.41, 5.74) is 9.18. The van der Waals surface area contributed by atoms with E-state index in [0.717, 1.165) is 16.9 Å². The Morgan fingerprint density at radius 2 is 1.71 bits per heavy atom. The Hall–Kier alpha value is -1.38. The van der Waals surface area contributed by atoms with Crippen molar-refractivity contribution in [2.24, 2.45) is 0 Å². The number of hydrogen-bond acceptors (Lipinski definition) is 2. The van der Waals surface area contributed by atoms with Crippen LogP contribution in [0.15, 0.2) is 36.4 Å². The standard InChI is InChI=1S/C13H12Cl2N2/c1-8-2-4-12(10(15)6-8)17-13-5-3-9(14)7-11(13)16/h2-7,17H,16H2,1H3. The third-order valence-electron chi connectivity index (χ3n) is 2.41. The van der Waals surface area contributed by atoms with Crippen LogP contribution in [0.25, 0.3) is 0 Å². The molecule has 0 fully saturated rings. The van der Waals surface area contributed by atoms with Crippen LogP contribution < -0.4 is 11.1 Å². The fourth-order valence-corrected chi connectivity index (χ4v) is 1.98. The smallest absolute Gasteiger partial charge is 0.0643 e. The normalized spacial score (nSPS) is 10.3. The van der Waals surface area contributed by atoms with E-state index in [1.807, 2.05) is 31.2 Å². The SMILES string of the molecule is Cc1ccc(Nc2ccc(Cl)cc2N)c(Cl)c1. The number of nitrogen functional groups attached to an aromatic ring is 1. The van der Waals surface area contributed by atoms with E-state index in [9.17, 15) is 0 Å². The van der Waals surface area contributed by atoms with Crippen LogP contribution in [0.2, 0.25) is 10.0 Å². The van der Waals surface area contributed by atoms with Crippen molar-refractivity contribution in [2.45, 2.75) is 6.92 Å². The number of nitrogens with one attached hydrogen (secondary N) is 1. The summed E-state index contributed by atoms with van der Waals surface area (Å²) < 4.78 is 0. The molecule has 88 valence electrons. The molecule has 0 saturated carbocycles. The summed E-state index contributed by atoms with van der Waals surface area (Å²) in [6.45, 7) is 1.99. The highest BCUT2D eigenvalue weighted by molar-refractivity contribution is 6.33. The number of aryl methyl sites for hydroxylation is 1. The zero-order valence-electron chi connectivity index (χ0n) is 9.30. The van der Waals surface area contributed by atoms with E-state index < -0.39 is 0 Å².